The Hall–Kier alpha value is -2.44. The van der Waals surface area contributed by atoms with Gasteiger partial charge in [-0.3, -0.25) is 9.48 Å². The van der Waals surface area contributed by atoms with Crippen molar-refractivity contribution in [1.29, 1.82) is 0 Å². The van der Waals surface area contributed by atoms with Crippen molar-refractivity contribution in [2.75, 3.05) is 12.3 Å². The van der Waals surface area contributed by atoms with Crippen LogP contribution in [0.25, 0.3) is 0 Å². The molecule has 94 valence electrons. The van der Waals surface area contributed by atoms with Crippen LogP contribution in [0.4, 0.5) is 5.82 Å². The predicted molar refractivity (Wildman–Crippen MR) is 65.7 cm³/mol. The molecule has 2 aromatic rings. The largest absolute Gasteiger partial charge is 0.384 e. The molecule has 0 saturated carbocycles. The van der Waals surface area contributed by atoms with Gasteiger partial charge >= 0.3 is 0 Å². The van der Waals surface area contributed by atoms with Crippen molar-refractivity contribution in [2.45, 2.75) is 6.42 Å². The van der Waals surface area contributed by atoms with Crippen LogP contribution in [0.3, 0.4) is 0 Å². The summed E-state index contributed by atoms with van der Waals surface area (Å²) in [6.45, 7) is 0.477. The fourth-order valence-corrected chi connectivity index (χ4v) is 1.48. The van der Waals surface area contributed by atoms with E-state index in [9.17, 15) is 4.79 Å². The second-order valence-corrected chi connectivity index (χ2v) is 3.81. The average molecular weight is 246 g/mol. The molecular formula is C11H14N6O. The van der Waals surface area contributed by atoms with Crippen LogP contribution in [-0.2, 0) is 13.5 Å². The molecule has 2 rings (SSSR count). The van der Waals surface area contributed by atoms with Gasteiger partial charge in [-0.25, -0.2) is 9.97 Å². The number of nitrogens with zero attached hydrogens (tertiary/aromatic N) is 4. The van der Waals surface area contributed by atoms with Crippen molar-refractivity contribution in [3.63, 3.8) is 0 Å². The van der Waals surface area contributed by atoms with Crippen molar-refractivity contribution in [3.8, 4) is 0 Å². The van der Waals surface area contributed by atoms with Crippen LogP contribution < -0.4 is 11.1 Å². The Morgan fingerprint density at radius 2 is 2.33 bits per heavy atom. The first-order chi connectivity index (χ1) is 8.65. The van der Waals surface area contributed by atoms with Crippen molar-refractivity contribution in [3.05, 3.63) is 36.0 Å². The van der Waals surface area contributed by atoms with Gasteiger partial charge in [-0.05, 0) is 12.1 Å². The molecule has 3 N–H and O–H groups in total. The van der Waals surface area contributed by atoms with Crippen LogP contribution in [0, 0.1) is 0 Å². The third-order valence-electron chi connectivity index (χ3n) is 2.32. The molecular weight excluding hydrogens is 232 g/mol. The van der Waals surface area contributed by atoms with E-state index in [1.165, 1.54) is 12.3 Å². The number of rotatable bonds is 4. The van der Waals surface area contributed by atoms with Gasteiger partial charge in [-0.15, -0.1) is 0 Å². The van der Waals surface area contributed by atoms with E-state index in [4.69, 9.17) is 5.73 Å². The van der Waals surface area contributed by atoms with Gasteiger partial charge < -0.3 is 11.1 Å². The maximum Gasteiger partial charge on any atom is 0.251 e. The fourth-order valence-electron chi connectivity index (χ4n) is 1.48. The summed E-state index contributed by atoms with van der Waals surface area (Å²) in [5, 5.41) is 6.89. The van der Waals surface area contributed by atoms with Crippen LogP contribution in [0.1, 0.15) is 16.2 Å². The zero-order chi connectivity index (χ0) is 13.0. The molecule has 0 aliphatic carbocycles. The van der Waals surface area contributed by atoms with Crippen LogP contribution in [0.2, 0.25) is 0 Å². The van der Waals surface area contributed by atoms with E-state index in [1.54, 1.807) is 24.1 Å². The fraction of sp³-hybridized carbons (Fsp3) is 0.273. The van der Waals surface area contributed by atoms with E-state index in [1.807, 2.05) is 0 Å². The molecule has 0 aliphatic heterocycles. The van der Waals surface area contributed by atoms with Gasteiger partial charge in [0.1, 0.15) is 12.1 Å². The van der Waals surface area contributed by atoms with Crippen LogP contribution in [-0.4, -0.2) is 32.2 Å². The summed E-state index contributed by atoms with van der Waals surface area (Å²) in [6, 6.07) is 3.15. The lowest BCUT2D eigenvalue weighted by Gasteiger charge is -2.03. The third-order valence-corrected chi connectivity index (χ3v) is 2.32. The molecule has 0 aliphatic rings. The number of hydrogen-bond donors (Lipinski definition) is 2. The Morgan fingerprint density at radius 3 is 3.00 bits per heavy atom. The summed E-state index contributed by atoms with van der Waals surface area (Å²) in [4.78, 5) is 19.6. The second-order valence-electron chi connectivity index (χ2n) is 3.81. The highest BCUT2D eigenvalue weighted by molar-refractivity contribution is 5.94. The molecule has 1 amide bonds. The lowest BCUT2D eigenvalue weighted by Crippen LogP contribution is -2.26. The molecule has 2 heterocycles. The van der Waals surface area contributed by atoms with E-state index in [-0.39, 0.29) is 5.91 Å². The van der Waals surface area contributed by atoms with E-state index < -0.39 is 0 Å². The molecule has 18 heavy (non-hydrogen) atoms. The summed E-state index contributed by atoms with van der Waals surface area (Å²) in [5.41, 5.74) is 6.00. The molecule has 0 aromatic carbocycles. The minimum absolute atomic E-state index is 0.181. The third kappa shape index (κ3) is 3.03. The Morgan fingerprint density at radius 1 is 1.50 bits per heavy atom. The number of carbonyl (C=O) groups excluding carboxylic acids is 1. The van der Waals surface area contributed by atoms with Crippen molar-refractivity contribution in [2.24, 2.45) is 7.05 Å². The topological polar surface area (TPSA) is 98.7 Å². The number of nitrogen functional groups attached to an aromatic ring is 1. The molecule has 0 radical (unpaired) electrons. The van der Waals surface area contributed by atoms with Crippen molar-refractivity contribution >= 4 is 11.7 Å². The second kappa shape index (κ2) is 5.26. The van der Waals surface area contributed by atoms with Gasteiger partial charge in [0.25, 0.3) is 5.91 Å². The smallest absolute Gasteiger partial charge is 0.251 e. The highest BCUT2D eigenvalue weighted by atomic mass is 16.1. The zero-order valence-electron chi connectivity index (χ0n) is 10.00. The zero-order valence-corrected chi connectivity index (χ0v) is 10.00. The predicted octanol–water partition coefficient (Wildman–Crippen LogP) is -0.235. The molecule has 7 heteroatoms. The van der Waals surface area contributed by atoms with Crippen LogP contribution in [0.5, 0.6) is 0 Å². The Bertz CT molecular complexity index is 550. The van der Waals surface area contributed by atoms with E-state index in [0.717, 1.165) is 0 Å². The molecule has 0 bridgehead atoms. The number of aromatic nitrogens is 4. The summed E-state index contributed by atoms with van der Waals surface area (Å²) >= 11 is 0. The molecule has 0 atom stereocenters. The monoisotopic (exact) mass is 246 g/mol. The molecule has 2 aromatic heterocycles. The van der Waals surface area contributed by atoms with Crippen molar-refractivity contribution in [1.82, 2.24) is 25.1 Å². The summed E-state index contributed by atoms with van der Waals surface area (Å²) in [6.07, 6.45) is 3.72. The van der Waals surface area contributed by atoms with Gasteiger partial charge in [0.2, 0.25) is 0 Å². The normalized spacial score (nSPS) is 10.3. The van der Waals surface area contributed by atoms with Crippen LogP contribution in [0.15, 0.2) is 24.7 Å². The lowest BCUT2D eigenvalue weighted by molar-refractivity contribution is 0.0954. The van der Waals surface area contributed by atoms with Gasteiger partial charge in [-0.1, -0.05) is 0 Å². The summed E-state index contributed by atoms with van der Waals surface area (Å²) < 4.78 is 1.63. The minimum Gasteiger partial charge on any atom is -0.384 e. The van der Waals surface area contributed by atoms with Gasteiger partial charge in [0.15, 0.2) is 5.82 Å². The first-order valence-electron chi connectivity index (χ1n) is 5.49. The molecule has 7 nitrogen and oxygen atoms in total. The summed E-state index contributed by atoms with van der Waals surface area (Å²) in [5.74, 6) is 0.848. The number of amides is 1. The number of carbonyl (C=O) groups is 1. The van der Waals surface area contributed by atoms with E-state index in [2.05, 4.69) is 20.4 Å². The standard InChI is InChI=1S/C11H14N6O/c1-17-7-15-10(16-17)3-5-14-11(18)8-2-4-13-9(12)6-8/h2,4,6-7H,3,5H2,1H3,(H2,12,13)(H,14,18). The Balaban J connectivity index is 1.85. The van der Waals surface area contributed by atoms with Gasteiger partial charge in [0, 0.05) is 31.8 Å². The highest BCUT2D eigenvalue weighted by Crippen LogP contribution is 2.02. The van der Waals surface area contributed by atoms with E-state index in [0.29, 0.717) is 30.2 Å². The minimum atomic E-state index is -0.181. The molecule has 0 saturated heterocycles. The molecule has 0 unspecified atom stereocenters. The quantitative estimate of drug-likeness (QED) is 0.776. The number of pyridine rings is 1. The molecule has 0 spiro atoms. The van der Waals surface area contributed by atoms with Gasteiger partial charge in [-0.2, -0.15) is 5.10 Å². The number of nitrogens with two attached hydrogens (primary N) is 1. The first-order valence-corrected chi connectivity index (χ1v) is 5.49. The average Bonchev–Trinajstić information content (AvgIpc) is 2.75. The number of anilines is 1. The van der Waals surface area contributed by atoms with Gasteiger partial charge in [0.05, 0.1) is 0 Å². The lowest BCUT2D eigenvalue weighted by atomic mass is 10.2. The number of aryl methyl sites for hydroxylation is 1. The highest BCUT2D eigenvalue weighted by Gasteiger charge is 2.06. The van der Waals surface area contributed by atoms with E-state index >= 15 is 0 Å². The first kappa shape index (κ1) is 12.0. The number of hydrogen-bond acceptors (Lipinski definition) is 5. The van der Waals surface area contributed by atoms with Crippen LogP contribution >= 0.6 is 0 Å². The maximum absolute atomic E-state index is 11.8. The number of nitrogens with one attached hydrogen (secondary N) is 1. The molecule has 0 fully saturated rings. The Labute approximate surface area is 104 Å². The van der Waals surface area contributed by atoms with Crippen molar-refractivity contribution < 1.29 is 4.79 Å². The maximum atomic E-state index is 11.8. The SMILES string of the molecule is Cn1cnc(CCNC(=O)c2ccnc(N)c2)n1. The Kier molecular flexibility index (Phi) is 3.52. The summed E-state index contributed by atoms with van der Waals surface area (Å²) in [7, 11) is 1.80.